The van der Waals surface area contributed by atoms with Crippen molar-refractivity contribution in [3.8, 4) is 5.75 Å². The second-order valence-electron chi connectivity index (χ2n) is 4.65. The Labute approximate surface area is 119 Å². The molecule has 2 aromatic rings. The molecule has 2 nitrogen and oxygen atoms in total. The third-order valence-electron chi connectivity index (χ3n) is 3.07. The Hall–Kier alpha value is -2.24. The summed E-state index contributed by atoms with van der Waals surface area (Å²) in [6.07, 6.45) is -4.43. The molecule has 0 atom stereocenters. The fraction of sp³-hybridized carbons (Fsp3) is 0.200. The molecule has 2 aromatic carbocycles. The molecule has 0 unspecified atom stereocenters. The maximum Gasteiger partial charge on any atom is 0.416 e. The normalized spacial score (nSPS) is 11.5. The van der Waals surface area contributed by atoms with Crippen LogP contribution in [0.5, 0.6) is 5.75 Å². The third kappa shape index (κ3) is 3.65. The van der Waals surface area contributed by atoms with E-state index in [9.17, 15) is 22.7 Å². The molecule has 0 aliphatic heterocycles. The zero-order valence-corrected chi connectivity index (χ0v) is 11.1. The first-order chi connectivity index (χ1) is 9.77. The molecule has 0 heterocycles. The SMILES string of the molecule is Cc1ccc(NCc2cc(F)ccc2O)cc1C(F)(F)F. The lowest BCUT2D eigenvalue weighted by Gasteiger charge is -2.13. The molecule has 0 spiro atoms. The summed E-state index contributed by atoms with van der Waals surface area (Å²) in [7, 11) is 0. The Bertz CT molecular complexity index is 653. The van der Waals surface area contributed by atoms with Gasteiger partial charge in [0.2, 0.25) is 0 Å². The Morgan fingerprint density at radius 1 is 1.10 bits per heavy atom. The van der Waals surface area contributed by atoms with Gasteiger partial charge in [0.1, 0.15) is 11.6 Å². The molecule has 21 heavy (non-hydrogen) atoms. The molecule has 0 saturated carbocycles. The number of phenols is 1. The van der Waals surface area contributed by atoms with E-state index in [0.29, 0.717) is 0 Å². The number of phenolic OH excluding ortho intramolecular Hbond substituents is 1. The number of rotatable bonds is 3. The fourth-order valence-corrected chi connectivity index (χ4v) is 1.93. The monoisotopic (exact) mass is 299 g/mol. The first kappa shape index (κ1) is 15.2. The van der Waals surface area contributed by atoms with E-state index in [1.807, 2.05) is 0 Å². The molecule has 0 bridgehead atoms. The highest BCUT2D eigenvalue weighted by Gasteiger charge is 2.32. The standard InChI is InChI=1S/C15H13F4NO/c1-9-2-4-12(7-13(9)15(17,18)19)20-8-10-6-11(16)3-5-14(10)21/h2-7,20-21H,8H2,1H3. The number of aromatic hydroxyl groups is 1. The summed E-state index contributed by atoms with van der Waals surface area (Å²) >= 11 is 0. The van der Waals surface area contributed by atoms with Crippen molar-refractivity contribution in [3.05, 3.63) is 58.9 Å². The first-order valence-electron chi connectivity index (χ1n) is 6.16. The van der Waals surface area contributed by atoms with Crippen molar-refractivity contribution in [2.24, 2.45) is 0 Å². The van der Waals surface area contributed by atoms with Crippen molar-refractivity contribution in [2.75, 3.05) is 5.32 Å². The molecule has 0 saturated heterocycles. The van der Waals surface area contributed by atoms with E-state index in [-0.39, 0.29) is 29.1 Å². The van der Waals surface area contributed by atoms with E-state index in [2.05, 4.69) is 5.32 Å². The minimum Gasteiger partial charge on any atom is -0.508 e. The average molecular weight is 299 g/mol. The Morgan fingerprint density at radius 3 is 2.48 bits per heavy atom. The van der Waals surface area contributed by atoms with Crippen LogP contribution in [0.15, 0.2) is 36.4 Å². The number of hydrogen-bond acceptors (Lipinski definition) is 2. The number of benzene rings is 2. The number of halogens is 4. The summed E-state index contributed by atoms with van der Waals surface area (Å²) < 4.78 is 51.4. The van der Waals surface area contributed by atoms with Crippen LogP contribution in [0.4, 0.5) is 23.2 Å². The topological polar surface area (TPSA) is 32.3 Å². The van der Waals surface area contributed by atoms with Gasteiger partial charge in [0.25, 0.3) is 0 Å². The molecule has 0 aromatic heterocycles. The van der Waals surface area contributed by atoms with Crippen molar-refractivity contribution >= 4 is 5.69 Å². The first-order valence-corrected chi connectivity index (χ1v) is 6.16. The van der Waals surface area contributed by atoms with Gasteiger partial charge in [0.05, 0.1) is 5.56 Å². The largest absolute Gasteiger partial charge is 0.508 e. The maximum atomic E-state index is 13.1. The second-order valence-corrected chi connectivity index (χ2v) is 4.65. The van der Waals surface area contributed by atoms with Crippen LogP contribution in [0.25, 0.3) is 0 Å². The molecular weight excluding hydrogens is 286 g/mol. The predicted octanol–water partition coefficient (Wildman–Crippen LogP) is 4.47. The Morgan fingerprint density at radius 2 is 1.81 bits per heavy atom. The van der Waals surface area contributed by atoms with Crippen molar-refractivity contribution < 1.29 is 22.7 Å². The van der Waals surface area contributed by atoms with E-state index in [1.54, 1.807) is 0 Å². The van der Waals surface area contributed by atoms with E-state index in [1.165, 1.54) is 25.1 Å². The highest BCUT2D eigenvalue weighted by Crippen LogP contribution is 2.33. The van der Waals surface area contributed by atoms with Crippen molar-refractivity contribution in [1.82, 2.24) is 0 Å². The van der Waals surface area contributed by atoms with Crippen LogP contribution in [0.2, 0.25) is 0 Å². The minimum absolute atomic E-state index is 0.0178. The van der Waals surface area contributed by atoms with E-state index >= 15 is 0 Å². The number of aryl methyl sites for hydroxylation is 1. The van der Waals surface area contributed by atoms with Gasteiger partial charge < -0.3 is 10.4 Å². The maximum absolute atomic E-state index is 13.1. The van der Waals surface area contributed by atoms with Crippen LogP contribution in [-0.2, 0) is 12.7 Å². The Balaban J connectivity index is 2.19. The molecule has 6 heteroatoms. The van der Waals surface area contributed by atoms with Gasteiger partial charge in [0, 0.05) is 17.8 Å². The predicted molar refractivity (Wildman–Crippen MR) is 71.6 cm³/mol. The van der Waals surface area contributed by atoms with Crippen molar-refractivity contribution in [1.29, 1.82) is 0 Å². The van der Waals surface area contributed by atoms with Crippen molar-refractivity contribution in [2.45, 2.75) is 19.6 Å². The van der Waals surface area contributed by atoms with Crippen LogP contribution in [0.3, 0.4) is 0 Å². The van der Waals surface area contributed by atoms with Gasteiger partial charge in [-0.05, 0) is 42.8 Å². The molecule has 2 N–H and O–H groups in total. The van der Waals surface area contributed by atoms with Gasteiger partial charge >= 0.3 is 6.18 Å². The zero-order chi connectivity index (χ0) is 15.6. The van der Waals surface area contributed by atoms with E-state index < -0.39 is 17.6 Å². The molecule has 0 aliphatic rings. The van der Waals surface area contributed by atoms with E-state index in [0.717, 1.165) is 18.2 Å². The minimum atomic E-state index is -4.43. The van der Waals surface area contributed by atoms with Crippen LogP contribution < -0.4 is 5.32 Å². The number of nitrogens with one attached hydrogen (secondary N) is 1. The van der Waals surface area contributed by atoms with Gasteiger partial charge in [-0.3, -0.25) is 0 Å². The summed E-state index contributed by atoms with van der Waals surface area (Å²) in [6, 6.07) is 7.28. The second kappa shape index (κ2) is 5.63. The highest BCUT2D eigenvalue weighted by molar-refractivity contribution is 5.50. The summed E-state index contributed by atoms with van der Waals surface area (Å²) in [5, 5.41) is 12.3. The molecule has 0 radical (unpaired) electrons. The van der Waals surface area contributed by atoms with Gasteiger partial charge in [-0.15, -0.1) is 0 Å². The van der Waals surface area contributed by atoms with Gasteiger partial charge in [-0.1, -0.05) is 6.07 Å². The molecular formula is C15H13F4NO. The number of alkyl halides is 3. The van der Waals surface area contributed by atoms with Gasteiger partial charge in [-0.2, -0.15) is 13.2 Å². The van der Waals surface area contributed by atoms with Gasteiger partial charge in [0.15, 0.2) is 0 Å². The van der Waals surface area contributed by atoms with Crippen molar-refractivity contribution in [3.63, 3.8) is 0 Å². The summed E-state index contributed by atoms with van der Waals surface area (Å²) in [4.78, 5) is 0. The summed E-state index contributed by atoms with van der Waals surface area (Å²) in [6.45, 7) is 1.40. The van der Waals surface area contributed by atoms with Crippen LogP contribution in [0, 0.1) is 12.7 Å². The molecule has 0 fully saturated rings. The average Bonchev–Trinajstić information content (AvgIpc) is 2.40. The lowest BCUT2D eigenvalue weighted by atomic mass is 10.1. The zero-order valence-electron chi connectivity index (χ0n) is 11.1. The van der Waals surface area contributed by atoms with Crippen LogP contribution in [0.1, 0.15) is 16.7 Å². The number of anilines is 1. The van der Waals surface area contributed by atoms with E-state index in [4.69, 9.17) is 0 Å². The summed E-state index contributed by atoms with van der Waals surface area (Å²) in [5.74, 6) is -0.642. The molecule has 2 rings (SSSR count). The molecule has 112 valence electrons. The smallest absolute Gasteiger partial charge is 0.416 e. The summed E-state index contributed by atoms with van der Waals surface area (Å²) in [5.41, 5.74) is -0.0849. The van der Waals surface area contributed by atoms with Crippen LogP contribution >= 0.6 is 0 Å². The fourth-order valence-electron chi connectivity index (χ4n) is 1.93. The third-order valence-corrected chi connectivity index (χ3v) is 3.07. The lowest BCUT2D eigenvalue weighted by Crippen LogP contribution is -2.09. The molecule has 0 amide bonds. The highest BCUT2D eigenvalue weighted by atomic mass is 19.4. The van der Waals surface area contributed by atoms with Crippen LogP contribution in [-0.4, -0.2) is 5.11 Å². The number of hydrogen-bond donors (Lipinski definition) is 2. The molecule has 0 aliphatic carbocycles. The quantitative estimate of drug-likeness (QED) is 0.820. The Kier molecular flexibility index (Phi) is 4.06. The van der Waals surface area contributed by atoms with Gasteiger partial charge in [-0.25, -0.2) is 4.39 Å². The lowest BCUT2D eigenvalue weighted by molar-refractivity contribution is -0.138.